The molecule has 1 fully saturated rings. The van der Waals surface area contributed by atoms with E-state index in [2.05, 4.69) is 9.97 Å². The minimum Gasteiger partial charge on any atom is -0.507 e. The average molecular weight is 526 g/mol. The van der Waals surface area contributed by atoms with Gasteiger partial charge in [0.05, 0.1) is 46.6 Å². The molecule has 1 atom stereocenters. The molecule has 0 spiro atoms. The first-order valence-electron chi connectivity index (χ1n) is 10.5. The number of benzene rings is 2. The van der Waals surface area contributed by atoms with Crippen LogP contribution in [0.5, 0.6) is 11.5 Å². The number of aromatic nitrogens is 2. The van der Waals surface area contributed by atoms with E-state index in [-0.39, 0.29) is 27.0 Å². The number of methoxy groups -OCH3 is 2. The summed E-state index contributed by atoms with van der Waals surface area (Å²) >= 11 is 6.92. The maximum Gasteiger partial charge on any atom is 0.301 e. The highest BCUT2D eigenvalue weighted by Crippen LogP contribution is 2.45. The summed E-state index contributed by atoms with van der Waals surface area (Å²) in [4.78, 5) is 36.4. The molecule has 5 rings (SSSR count). The number of carbonyl (C=O) groups excluding carboxylic acids is 2. The molecule has 3 heterocycles. The standard InChI is InChI=1S/C25H17ClFN3O5S/c1-34-13-5-6-18(35-2)14(8-13)22(31)20-21(12-4-3-7-28-11-12)30(24(33)23(20)32)25-29-17-9-15(26)16(27)10-19(17)36-25/h3-11,21,31H,1-2H3/b22-20+. The molecule has 0 bridgehead atoms. The number of ether oxygens (including phenoxy) is 2. The summed E-state index contributed by atoms with van der Waals surface area (Å²) in [5.41, 5.74) is 0.816. The molecule has 0 saturated carbocycles. The van der Waals surface area contributed by atoms with Crippen molar-refractivity contribution >= 4 is 55.7 Å². The van der Waals surface area contributed by atoms with Crippen LogP contribution < -0.4 is 14.4 Å². The van der Waals surface area contributed by atoms with Gasteiger partial charge < -0.3 is 14.6 Å². The number of aliphatic hydroxyl groups excluding tert-OH is 1. The predicted molar refractivity (Wildman–Crippen MR) is 133 cm³/mol. The molecule has 4 aromatic rings. The third-order valence-electron chi connectivity index (χ3n) is 5.73. The van der Waals surface area contributed by atoms with E-state index < -0.39 is 29.3 Å². The lowest BCUT2D eigenvalue weighted by Crippen LogP contribution is -2.29. The summed E-state index contributed by atoms with van der Waals surface area (Å²) in [6.07, 6.45) is 3.03. The van der Waals surface area contributed by atoms with Gasteiger partial charge in [0.15, 0.2) is 5.13 Å². The van der Waals surface area contributed by atoms with Crippen LogP contribution in [0, 0.1) is 5.82 Å². The van der Waals surface area contributed by atoms with Crippen LogP contribution in [-0.2, 0) is 9.59 Å². The van der Waals surface area contributed by atoms with Crippen molar-refractivity contribution in [2.24, 2.45) is 0 Å². The minimum absolute atomic E-state index is 0.115. The van der Waals surface area contributed by atoms with Crippen molar-refractivity contribution in [3.05, 3.63) is 82.4 Å². The predicted octanol–water partition coefficient (Wildman–Crippen LogP) is 5.13. The van der Waals surface area contributed by atoms with Crippen LogP contribution >= 0.6 is 22.9 Å². The molecule has 11 heteroatoms. The molecule has 0 aliphatic carbocycles. The van der Waals surface area contributed by atoms with Gasteiger partial charge in [0.2, 0.25) is 0 Å². The molecule has 8 nitrogen and oxygen atoms in total. The van der Waals surface area contributed by atoms with Crippen molar-refractivity contribution < 1.29 is 28.6 Å². The van der Waals surface area contributed by atoms with Crippen LogP contribution in [-0.4, -0.2) is 41.0 Å². The highest BCUT2D eigenvalue weighted by Gasteiger charge is 2.48. The van der Waals surface area contributed by atoms with Gasteiger partial charge in [-0.05, 0) is 42.0 Å². The number of thiazole rings is 1. The van der Waals surface area contributed by atoms with Gasteiger partial charge in [-0.1, -0.05) is 29.0 Å². The quantitative estimate of drug-likeness (QED) is 0.219. The number of hydrogen-bond donors (Lipinski definition) is 1. The van der Waals surface area contributed by atoms with Gasteiger partial charge in [0.25, 0.3) is 5.78 Å². The van der Waals surface area contributed by atoms with Crippen molar-refractivity contribution in [3.8, 4) is 11.5 Å². The Morgan fingerprint density at radius 2 is 1.97 bits per heavy atom. The monoisotopic (exact) mass is 525 g/mol. The molecule has 2 aromatic carbocycles. The smallest absolute Gasteiger partial charge is 0.301 e. The van der Waals surface area contributed by atoms with E-state index in [9.17, 15) is 19.1 Å². The lowest BCUT2D eigenvalue weighted by molar-refractivity contribution is -0.132. The summed E-state index contributed by atoms with van der Waals surface area (Å²) in [5, 5.41) is 11.4. The van der Waals surface area contributed by atoms with Gasteiger partial charge in [-0.2, -0.15) is 0 Å². The second kappa shape index (κ2) is 9.21. The number of nitrogens with zero attached hydrogens (tertiary/aromatic N) is 3. The van der Waals surface area contributed by atoms with Gasteiger partial charge >= 0.3 is 5.91 Å². The van der Waals surface area contributed by atoms with E-state index in [1.54, 1.807) is 30.5 Å². The Bertz CT molecular complexity index is 1520. The van der Waals surface area contributed by atoms with Crippen LogP contribution in [0.1, 0.15) is 17.2 Å². The van der Waals surface area contributed by atoms with Gasteiger partial charge in [-0.15, -0.1) is 0 Å². The van der Waals surface area contributed by atoms with Crippen molar-refractivity contribution in [1.29, 1.82) is 0 Å². The van der Waals surface area contributed by atoms with E-state index >= 15 is 0 Å². The molecular formula is C25H17ClFN3O5S. The summed E-state index contributed by atoms with van der Waals surface area (Å²) in [6, 6.07) is 9.55. The van der Waals surface area contributed by atoms with E-state index in [0.717, 1.165) is 11.3 Å². The lowest BCUT2D eigenvalue weighted by Gasteiger charge is -2.22. The van der Waals surface area contributed by atoms with Gasteiger partial charge in [-0.3, -0.25) is 19.5 Å². The number of hydrogen-bond acceptors (Lipinski definition) is 8. The second-order valence-electron chi connectivity index (χ2n) is 7.75. The zero-order valence-electron chi connectivity index (χ0n) is 18.9. The van der Waals surface area contributed by atoms with Gasteiger partial charge in [0.1, 0.15) is 23.1 Å². The Morgan fingerprint density at radius 1 is 1.17 bits per heavy atom. The first-order valence-corrected chi connectivity index (χ1v) is 11.7. The number of fused-ring (bicyclic) bond motifs is 1. The van der Waals surface area contributed by atoms with Crippen LogP contribution in [0.4, 0.5) is 9.52 Å². The fourth-order valence-corrected chi connectivity index (χ4v) is 5.20. The zero-order valence-corrected chi connectivity index (χ0v) is 20.4. The number of Topliss-reactive ketones (excluding diaryl/α,β-unsaturated/α-hetero) is 1. The molecule has 1 saturated heterocycles. The number of halogens is 2. The maximum atomic E-state index is 14.0. The van der Waals surface area contributed by atoms with Crippen molar-refractivity contribution in [2.75, 3.05) is 19.1 Å². The highest BCUT2D eigenvalue weighted by atomic mass is 35.5. The fourth-order valence-electron chi connectivity index (χ4n) is 4.04. The average Bonchev–Trinajstić information content (AvgIpc) is 3.41. The number of carbonyl (C=O) groups is 2. The molecule has 1 aliphatic heterocycles. The zero-order chi connectivity index (χ0) is 25.6. The Kier molecular flexibility index (Phi) is 6.07. The number of anilines is 1. The molecule has 182 valence electrons. The van der Waals surface area contributed by atoms with Crippen LogP contribution in [0.3, 0.4) is 0 Å². The van der Waals surface area contributed by atoms with Crippen LogP contribution in [0.2, 0.25) is 5.02 Å². The highest BCUT2D eigenvalue weighted by molar-refractivity contribution is 7.22. The number of rotatable bonds is 5. The van der Waals surface area contributed by atoms with Crippen molar-refractivity contribution in [1.82, 2.24) is 9.97 Å². The van der Waals surface area contributed by atoms with Crippen LogP contribution in [0.25, 0.3) is 16.0 Å². The summed E-state index contributed by atoms with van der Waals surface area (Å²) in [7, 11) is 2.88. The number of aliphatic hydroxyl groups is 1. The van der Waals surface area contributed by atoms with Crippen molar-refractivity contribution in [3.63, 3.8) is 0 Å². The topological polar surface area (TPSA) is 102 Å². The third-order valence-corrected chi connectivity index (χ3v) is 7.04. The molecule has 1 aliphatic rings. The first-order chi connectivity index (χ1) is 17.3. The van der Waals surface area contributed by atoms with Crippen LogP contribution in [0.15, 0.2) is 60.4 Å². The summed E-state index contributed by atoms with van der Waals surface area (Å²) < 4.78 is 25.1. The normalized spacial score (nSPS) is 17.1. The molecule has 1 unspecified atom stereocenters. The number of ketones is 1. The maximum absolute atomic E-state index is 14.0. The number of amides is 1. The second-order valence-corrected chi connectivity index (χ2v) is 9.17. The Hall–Kier alpha value is -4.02. The fraction of sp³-hybridized carbons (Fsp3) is 0.120. The lowest BCUT2D eigenvalue weighted by atomic mass is 9.96. The molecule has 0 radical (unpaired) electrons. The largest absolute Gasteiger partial charge is 0.507 e. The first kappa shape index (κ1) is 23.7. The molecule has 1 amide bonds. The molecule has 1 N–H and O–H groups in total. The summed E-state index contributed by atoms with van der Waals surface area (Å²) in [6.45, 7) is 0. The van der Waals surface area contributed by atoms with Crippen molar-refractivity contribution in [2.45, 2.75) is 6.04 Å². The van der Waals surface area contributed by atoms with E-state index in [1.165, 1.54) is 43.5 Å². The molecular weight excluding hydrogens is 509 g/mol. The van der Waals surface area contributed by atoms with E-state index in [4.69, 9.17) is 21.1 Å². The minimum atomic E-state index is -1.06. The summed E-state index contributed by atoms with van der Waals surface area (Å²) in [5.74, 6) is -2.22. The Labute approximate surface area is 213 Å². The van der Waals surface area contributed by atoms with E-state index in [1.807, 2.05) is 0 Å². The Balaban J connectivity index is 1.75. The Morgan fingerprint density at radius 3 is 2.67 bits per heavy atom. The molecule has 36 heavy (non-hydrogen) atoms. The third kappa shape index (κ3) is 3.84. The van der Waals surface area contributed by atoms with Gasteiger partial charge in [0, 0.05) is 12.4 Å². The van der Waals surface area contributed by atoms with Gasteiger partial charge in [-0.25, -0.2) is 9.37 Å². The number of pyridine rings is 1. The molecule has 2 aromatic heterocycles. The van der Waals surface area contributed by atoms with E-state index in [0.29, 0.717) is 21.5 Å². The SMILES string of the molecule is COc1ccc(OC)c(/C(O)=C2\C(=O)C(=O)N(c3nc4cc(Cl)c(F)cc4s3)C2c2cccnc2)c1.